The number of nitrogens with one attached hydrogen (secondary N) is 2. The van der Waals surface area contributed by atoms with Crippen molar-refractivity contribution >= 4 is 35.2 Å². The molecule has 1 amide bonds. The number of carbonyl (C=O) groups excluding carboxylic acids is 2. The van der Waals surface area contributed by atoms with E-state index in [-0.39, 0.29) is 11.7 Å². The lowest BCUT2D eigenvalue weighted by Gasteiger charge is -2.20. The van der Waals surface area contributed by atoms with E-state index in [0.717, 1.165) is 5.57 Å². The Labute approximate surface area is 225 Å². The van der Waals surface area contributed by atoms with Crippen molar-refractivity contribution in [3.63, 3.8) is 0 Å². The molecule has 0 bridgehead atoms. The molecule has 3 rings (SSSR count). The zero-order valence-corrected chi connectivity index (χ0v) is 22.6. The third-order valence-corrected chi connectivity index (χ3v) is 5.18. The first-order valence-electron chi connectivity index (χ1n) is 11.7. The minimum Gasteiger partial charge on any atom is -0.508 e. The summed E-state index contributed by atoms with van der Waals surface area (Å²) in [6.45, 7) is 15.1. The van der Waals surface area contributed by atoms with E-state index in [1.165, 1.54) is 44.5 Å². The van der Waals surface area contributed by atoms with E-state index in [0.29, 0.717) is 33.8 Å². The number of aromatic hydroxyl groups is 1. The molecule has 37 heavy (non-hydrogen) atoms. The quantitative estimate of drug-likeness (QED) is 0.173. The Balaban J connectivity index is 0.000000597. The molecular weight excluding hydrogens is 488 g/mol. The van der Waals surface area contributed by atoms with Crippen LogP contribution in [-0.4, -0.2) is 49.4 Å². The number of rotatable bonds is 6. The third-order valence-electron chi connectivity index (χ3n) is 4.93. The average Bonchev–Trinajstić information content (AvgIpc) is 2.91. The number of phenolic OH excluding ortho intramolecular Hbond substituents is 1. The Bertz CT molecular complexity index is 1060. The number of anilines is 2. The number of phenols is 1. The van der Waals surface area contributed by atoms with Crippen LogP contribution in [0.3, 0.4) is 0 Å². The summed E-state index contributed by atoms with van der Waals surface area (Å²) in [5.74, 6) is -0.261. The van der Waals surface area contributed by atoms with E-state index in [9.17, 15) is 14.7 Å². The minimum absolute atomic E-state index is 0.0419. The lowest BCUT2D eigenvalue weighted by Crippen LogP contribution is -2.24. The van der Waals surface area contributed by atoms with Gasteiger partial charge in [0.2, 0.25) is 0 Å². The zero-order chi connectivity index (χ0) is 28.2. The van der Waals surface area contributed by atoms with Gasteiger partial charge in [-0.05, 0) is 82.4 Å². The normalized spacial score (nSPS) is 12.3. The number of hydrogen-bond acceptors (Lipinski definition) is 6. The van der Waals surface area contributed by atoms with Crippen LogP contribution in [0.1, 0.15) is 36.5 Å². The Morgan fingerprint density at radius 3 is 2.14 bits per heavy atom. The Kier molecular flexibility index (Phi) is 17.3. The van der Waals surface area contributed by atoms with Crippen LogP contribution in [-0.2, 0) is 4.79 Å². The second-order valence-electron chi connectivity index (χ2n) is 8.18. The van der Waals surface area contributed by atoms with Crippen LogP contribution in [0.2, 0.25) is 5.02 Å². The predicted molar refractivity (Wildman–Crippen MR) is 154 cm³/mol. The van der Waals surface area contributed by atoms with Crippen molar-refractivity contribution in [3.8, 4) is 12.3 Å². The van der Waals surface area contributed by atoms with Gasteiger partial charge in [-0.25, -0.2) is 5.26 Å². The molecule has 0 unspecified atom stereocenters. The molecule has 3 N–H and O–H groups in total. The number of allylic oxidation sites excluding steroid dienone is 4. The highest BCUT2D eigenvalue weighted by atomic mass is 35.5. The molecule has 2 aromatic rings. The summed E-state index contributed by atoms with van der Waals surface area (Å²) < 4.78 is 0. The number of nitrogens with zero attached hydrogens (tertiary/aromatic N) is 2. The van der Waals surface area contributed by atoms with Gasteiger partial charge >= 0.3 is 0 Å². The molecule has 0 aromatic heterocycles. The summed E-state index contributed by atoms with van der Waals surface area (Å²) in [5.41, 5.74) is 3.04. The van der Waals surface area contributed by atoms with Gasteiger partial charge in [-0.1, -0.05) is 48.9 Å². The highest BCUT2D eigenvalue weighted by Gasteiger charge is 2.12. The van der Waals surface area contributed by atoms with Gasteiger partial charge in [0.05, 0.1) is 5.56 Å². The van der Waals surface area contributed by atoms with Crippen LogP contribution in [0, 0.1) is 11.8 Å². The van der Waals surface area contributed by atoms with Crippen molar-refractivity contribution in [2.75, 3.05) is 37.8 Å². The van der Waals surface area contributed by atoms with Crippen LogP contribution < -0.4 is 10.6 Å². The van der Waals surface area contributed by atoms with Crippen LogP contribution in [0.4, 0.5) is 11.4 Å². The number of likely N-dealkylation sites (tertiary alicyclic amines) is 1. The molecule has 1 aliphatic heterocycles. The molecule has 1 saturated heterocycles. The molecule has 8 heteroatoms. The smallest absolute Gasteiger partial charge is 0.257 e. The van der Waals surface area contributed by atoms with Crippen LogP contribution >= 0.6 is 11.6 Å². The summed E-state index contributed by atoms with van der Waals surface area (Å²) in [7, 11) is 3.91. The maximum Gasteiger partial charge on any atom is 0.257 e. The summed E-state index contributed by atoms with van der Waals surface area (Å²) in [5, 5.41) is 22.2. The van der Waals surface area contributed by atoms with Gasteiger partial charge in [-0.15, -0.1) is 0 Å². The number of hydrogen-bond donors (Lipinski definition) is 3. The van der Waals surface area contributed by atoms with Crippen molar-refractivity contribution in [2.24, 2.45) is 0 Å². The highest BCUT2D eigenvalue weighted by molar-refractivity contribution is 6.30. The van der Waals surface area contributed by atoms with Crippen LogP contribution in [0.25, 0.3) is 0 Å². The molecular formula is C29H37ClN4O3. The second-order valence-corrected chi connectivity index (χ2v) is 8.61. The monoisotopic (exact) mass is 524 g/mol. The summed E-state index contributed by atoms with van der Waals surface area (Å²) in [6.07, 6.45) is 8.36. The van der Waals surface area contributed by atoms with Crippen LogP contribution in [0.5, 0.6) is 5.75 Å². The summed E-state index contributed by atoms with van der Waals surface area (Å²) in [4.78, 5) is 24.5. The SMILES string of the molecule is C#N.C=C(C)/C=C\C(=C)C=O.CN1CCCCC1.CNc1ccc(O)cc1C(=O)Nc1ccc(Cl)cc1. The molecule has 7 nitrogen and oxygen atoms in total. The first-order valence-corrected chi connectivity index (χ1v) is 12.0. The maximum atomic E-state index is 12.1. The maximum absolute atomic E-state index is 12.1. The standard InChI is InChI=1S/C14H13ClN2O2.C8H10O.C6H13N.CHN/c1-16-13-7-6-11(18)8-12(13)14(19)17-10-4-2-9(15)3-5-10;1-7(2)4-5-8(3)6-9;1-7-5-3-2-4-6-7;1-2/h2-8,16,18H,1H3,(H,17,19);4-6H,1,3H2,2H3;2-6H2,1H3;1H/b;5-4-;;. The van der Waals surface area contributed by atoms with Crippen LogP contribution in [0.15, 0.2) is 78.9 Å². The number of amides is 1. The first kappa shape index (κ1) is 33.1. The number of benzene rings is 2. The lowest BCUT2D eigenvalue weighted by molar-refractivity contribution is -0.104. The molecule has 0 spiro atoms. The first-order chi connectivity index (χ1) is 17.7. The fourth-order valence-corrected chi connectivity index (χ4v) is 3.14. The largest absolute Gasteiger partial charge is 0.508 e. The topological polar surface area (TPSA) is 105 Å². The number of piperidine rings is 1. The second kappa shape index (κ2) is 19.3. The number of carbonyl (C=O) groups is 2. The highest BCUT2D eigenvalue weighted by Crippen LogP contribution is 2.22. The van der Waals surface area contributed by atoms with E-state index in [1.807, 2.05) is 6.92 Å². The van der Waals surface area contributed by atoms with Gasteiger partial charge in [-0.2, -0.15) is 0 Å². The molecule has 1 aliphatic rings. The Hall–Kier alpha value is -3.86. The number of aldehydes is 1. The number of halogens is 1. The van der Waals surface area contributed by atoms with E-state index >= 15 is 0 Å². The zero-order valence-electron chi connectivity index (χ0n) is 21.8. The van der Waals surface area contributed by atoms with Crippen molar-refractivity contribution in [1.29, 1.82) is 5.26 Å². The van der Waals surface area contributed by atoms with Gasteiger partial charge in [0, 0.05) is 35.6 Å². The van der Waals surface area contributed by atoms with E-state index in [1.54, 1.807) is 49.5 Å². The van der Waals surface area contributed by atoms with Crippen molar-refractivity contribution < 1.29 is 14.7 Å². The molecule has 1 fully saturated rings. The molecule has 1 heterocycles. The summed E-state index contributed by atoms with van der Waals surface area (Å²) in [6, 6.07) is 11.4. The van der Waals surface area contributed by atoms with Gasteiger partial charge in [0.15, 0.2) is 0 Å². The predicted octanol–water partition coefficient (Wildman–Crippen LogP) is 6.46. The van der Waals surface area contributed by atoms with Crippen molar-refractivity contribution in [3.05, 3.63) is 89.5 Å². The Morgan fingerprint density at radius 1 is 1.08 bits per heavy atom. The van der Waals surface area contributed by atoms with E-state index in [4.69, 9.17) is 16.9 Å². The van der Waals surface area contributed by atoms with Crippen molar-refractivity contribution in [2.45, 2.75) is 26.2 Å². The van der Waals surface area contributed by atoms with Gasteiger partial charge < -0.3 is 20.6 Å². The van der Waals surface area contributed by atoms with E-state index in [2.05, 4.69) is 42.3 Å². The fraction of sp³-hybridized carbons (Fsp3) is 0.276. The van der Waals surface area contributed by atoms with E-state index < -0.39 is 0 Å². The average molecular weight is 525 g/mol. The van der Waals surface area contributed by atoms with Gasteiger partial charge in [0.1, 0.15) is 12.0 Å². The molecule has 0 atom stereocenters. The van der Waals surface area contributed by atoms with Gasteiger partial charge in [0.25, 0.3) is 5.91 Å². The minimum atomic E-state index is -0.303. The molecule has 0 aliphatic carbocycles. The molecule has 0 saturated carbocycles. The summed E-state index contributed by atoms with van der Waals surface area (Å²) >= 11 is 5.78. The fourth-order valence-electron chi connectivity index (χ4n) is 3.01. The Morgan fingerprint density at radius 2 is 1.68 bits per heavy atom. The lowest BCUT2D eigenvalue weighted by atomic mass is 10.1. The molecule has 0 radical (unpaired) electrons. The third kappa shape index (κ3) is 15.0. The molecule has 198 valence electrons. The van der Waals surface area contributed by atoms with Crippen molar-refractivity contribution in [1.82, 2.24) is 4.90 Å². The van der Waals surface area contributed by atoms with Gasteiger partial charge in [-0.3, -0.25) is 9.59 Å². The number of nitriles is 1. The molecule has 2 aromatic carbocycles.